The molecular weight excluding hydrogens is 1150 g/mol. The van der Waals surface area contributed by atoms with Crippen molar-refractivity contribution in [2.75, 3.05) is 0 Å². The second-order valence-corrected chi connectivity index (χ2v) is 24.3. The Morgan fingerprint density at radius 1 is 0.200 bits per heavy atom. The molecule has 20 aromatic rings. The second-order valence-electron chi connectivity index (χ2n) is 24.3. The Hall–Kier alpha value is -12.0. The van der Waals surface area contributed by atoms with Crippen molar-refractivity contribution < 1.29 is 12.8 Å². The van der Waals surface area contributed by atoms with E-state index in [0.29, 0.717) is 34.5 Å². The zero-order valence-corrected chi connectivity index (χ0v) is 52.3. The molecule has 4 aromatic heterocycles. The average molecular weight is 1230 g/mol. The van der Waals surface area contributed by atoms with Crippen LogP contribution in [0, 0.1) is 34.5 Å². The monoisotopic (exact) mass is 1230 g/mol. The van der Waals surface area contributed by atoms with Gasteiger partial charge < -0.3 is 0 Å². The first-order chi connectivity index (χ1) is 51.4. The number of hydrogen-bond acceptors (Lipinski definition) is 4. The molecule has 0 bridgehead atoms. The maximum Gasteiger partial charge on any atom is 0.0786 e. The summed E-state index contributed by atoms with van der Waals surface area (Å²) >= 11 is 0. The van der Waals surface area contributed by atoms with Crippen molar-refractivity contribution in [3.63, 3.8) is 0 Å². The molecule has 0 atom stereocenters. The predicted octanol–water partition coefficient (Wildman–Crippen LogP) is 25.3. The van der Waals surface area contributed by atoms with Gasteiger partial charge in [0.2, 0.25) is 0 Å². The Kier molecular flexibility index (Phi) is 13.1. The summed E-state index contributed by atoms with van der Waals surface area (Å²) < 4.78 is 57.9. The van der Waals surface area contributed by atoms with Gasteiger partial charge in [0.05, 0.1) is 11.0 Å². The van der Waals surface area contributed by atoms with Crippen molar-refractivity contribution in [2.45, 2.75) is 34.5 Å². The van der Waals surface area contributed by atoms with E-state index in [4.69, 9.17) is 12.8 Å². The minimum atomic E-state index is 0.310. The van der Waals surface area contributed by atoms with E-state index in [1.165, 1.54) is 140 Å². The van der Waals surface area contributed by atoms with Gasteiger partial charge in [-0.3, -0.25) is 19.9 Å². The zero-order chi connectivity index (χ0) is 71.6. The molecule has 0 aliphatic carbocycles. The van der Waals surface area contributed by atoms with Crippen LogP contribution in [0.5, 0.6) is 0 Å². The van der Waals surface area contributed by atoms with Crippen LogP contribution in [0.25, 0.3) is 162 Å². The van der Waals surface area contributed by atoms with Gasteiger partial charge in [-0.05, 0) is 177 Å². The van der Waals surface area contributed by atoms with Gasteiger partial charge in [0.15, 0.2) is 0 Å². The standard InChI is InChI=1S/C19H14.4C18H13N.2H2/c1-13-10-11-18-16-8-3-2-6-14(16)15-7-4-5-9-17(15)19(18)12-13;1-12-8-9-14-13-5-2-3-6-15(13)18-16(17(14)11-12)7-4-10-19-18;1-12-8-9-16-17(11-12)14-6-3-2-5-13(14)15-7-4-10-19-18(15)16;1-12-6-7-15-16-8-9-19-11-18(16)14-5-3-2-4-13(14)17(15)10-12;1-12-6-7-15-17(10-12)14-5-3-2-4-13(14)16-8-9-19-11-18(15)16;;/h2-12H,1H3;4*2-11H,1H3;2*1H/i5*1D;2*1+1D. The van der Waals surface area contributed by atoms with Crippen LogP contribution >= 0.6 is 0 Å². The molecular formula is C91H70N4. The molecule has 4 heteroatoms. The van der Waals surface area contributed by atoms with Gasteiger partial charge in [-0.1, -0.05) is 277 Å². The number of nitrogens with zero attached hydrogens (tertiary/aromatic N) is 4. The quantitative estimate of drug-likeness (QED) is 0.142. The fraction of sp³-hybridized carbons (Fsp3) is 0.0549. The Morgan fingerprint density at radius 3 is 0.716 bits per heavy atom. The first-order valence-electron chi connectivity index (χ1n) is 37.4. The lowest BCUT2D eigenvalue weighted by Crippen LogP contribution is -1.86. The van der Waals surface area contributed by atoms with Crippen LogP contribution in [-0.4, -0.2) is 19.9 Å². The molecule has 4 heterocycles. The summed E-state index contributed by atoms with van der Waals surface area (Å²) in [5.74, 6) is 0. The maximum atomic E-state index is 7.59. The molecule has 454 valence electrons. The summed E-state index contributed by atoms with van der Waals surface area (Å²) in [7, 11) is 0. The number of benzene rings is 16. The molecule has 0 saturated heterocycles. The summed E-state index contributed by atoms with van der Waals surface area (Å²) in [6.07, 6.45) is 11.2. The summed E-state index contributed by atoms with van der Waals surface area (Å²) in [6, 6.07) is 94.7. The molecule has 0 radical (unpaired) electrons. The molecule has 0 aliphatic rings. The molecule has 0 fully saturated rings. The lowest BCUT2D eigenvalue weighted by molar-refractivity contribution is 1.37. The van der Waals surface area contributed by atoms with Gasteiger partial charge in [0.25, 0.3) is 0 Å². The molecule has 0 saturated carbocycles. The van der Waals surface area contributed by atoms with E-state index in [2.05, 4.69) is 257 Å². The van der Waals surface area contributed by atoms with Gasteiger partial charge in [-0.15, -0.1) is 0 Å². The molecule has 0 amide bonds. The Balaban J connectivity index is 0.000000108. The summed E-state index contributed by atoms with van der Waals surface area (Å²) in [6.45, 7) is 1.58. The predicted molar refractivity (Wildman–Crippen MR) is 414 cm³/mol. The second kappa shape index (κ2) is 24.6. The Bertz CT molecular complexity index is 5470. The molecule has 4 nitrogen and oxygen atoms in total. The molecule has 95 heavy (non-hydrogen) atoms. The molecule has 20 rings (SSSR count). The van der Waals surface area contributed by atoms with Crippen molar-refractivity contribution in [3.8, 4) is 0 Å². The lowest BCUT2D eigenvalue weighted by atomic mass is 9.93. The van der Waals surface area contributed by atoms with Crippen molar-refractivity contribution in [2.24, 2.45) is 0 Å². The van der Waals surface area contributed by atoms with E-state index < -0.39 is 0 Å². The van der Waals surface area contributed by atoms with Gasteiger partial charge in [0, 0.05) is 82.3 Å². The first-order valence-corrected chi connectivity index (χ1v) is 31.9. The highest BCUT2D eigenvalue weighted by Crippen LogP contribution is 2.40. The molecule has 16 aromatic carbocycles. The summed E-state index contributed by atoms with van der Waals surface area (Å²) in [5.41, 5.74) is 7.33. The summed E-state index contributed by atoms with van der Waals surface area (Å²) in [5, 5.41) is 34.4. The summed E-state index contributed by atoms with van der Waals surface area (Å²) in [4.78, 5) is 17.7. The number of aryl methyl sites for hydroxylation is 5. The minimum Gasteiger partial charge on any atom is -0.264 e. The number of aromatic nitrogens is 4. The van der Waals surface area contributed by atoms with Gasteiger partial charge in [0.1, 0.15) is 0 Å². The van der Waals surface area contributed by atoms with E-state index in [9.17, 15) is 0 Å². The lowest BCUT2D eigenvalue weighted by Gasteiger charge is -2.10. The normalized spacial score (nSPS) is 12.3. The largest absolute Gasteiger partial charge is 0.264 e. The van der Waals surface area contributed by atoms with Crippen LogP contribution in [0.3, 0.4) is 0 Å². The van der Waals surface area contributed by atoms with E-state index in [-0.39, 0.29) is 0 Å². The number of hydrogen-bond donors (Lipinski definition) is 0. The van der Waals surface area contributed by atoms with Crippen LogP contribution in [0.4, 0.5) is 0 Å². The third kappa shape index (κ3) is 10.6. The highest BCUT2D eigenvalue weighted by atomic mass is 14.7. The molecule has 0 aliphatic heterocycles. The van der Waals surface area contributed by atoms with Crippen molar-refractivity contribution in [3.05, 3.63) is 338 Å². The number of rotatable bonds is 0. The highest BCUT2D eigenvalue weighted by Gasteiger charge is 2.14. The fourth-order valence-electron chi connectivity index (χ4n) is 14.3. The van der Waals surface area contributed by atoms with Crippen molar-refractivity contribution in [1.29, 1.82) is 0 Å². The van der Waals surface area contributed by atoms with Crippen LogP contribution in [0.2, 0.25) is 0 Å². The molecule has 0 unspecified atom stereocenters. The Labute approximate surface area is 564 Å². The number of pyridine rings is 4. The smallest absolute Gasteiger partial charge is 0.0786 e. The van der Waals surface area contributed by atoms with Crippen molar-refractivity contribution >= 4 is 162 Å². The zero-order valence-electron chi connectivity index (χ0n) is 61.3. The molecule has 0 spiro atoms. The third-order valence-corrected chi connectivity index (χ3v) is 18.5. The third-order valence-electron chi connectivity index (χ3n) is 18.5. The van der Waals surface area contributed by atoms with Crippen molar-refractivity contribution in [1.82, 2.24) is 19.9 Å². The Morgan fingerprint density at radius 2 is 0.400 bits per heavy atom. The van der Waals surface area contributed by atoms with E-state index >= 15 is 0 Å². The van der Waals surface area contributed by atoms with Gasteiger partial charge >= 0.3 is 0 Å². The van der Waals surface area contributed by atoms with Crippen LogP contribution in [0.15, 0.2) is 310 Å². The van der Waals surface area contributed by atoms with E-state index in [0.717, 1.165) is 49.6 Å². The average Bonchev–Trinajstić information content (AvgIpc) is 0.780. The van der Waals surface area contributed by atoms with E-state index in [1.54, 1.807) is 0 Å². The number of fused-ring (bicyclic) bond motifs is 30. The van der Waals surface area contributed by atoms with E-state index in [1.807, 2.05) is 73.6 Å². The first kappa shape index (κ1) is 50.6. The fourth-order valence-corrected chi connectivity index (χ4v) is 14.3. The molecule has 0 N–H and O–H groups in total. The minimum absolute atomic E-state index is 0.310. The topological polar surface area (TPSA) is 51.6 Å². The van der Waals surface area contributed by atoms with Gasteiger partial charge in [-0.25, -0.2) is 0 Å². The SMILES string of the molecule is [2H]Cc1ccc2c(c1)c1ccccc1c1cccnc12.[2H]Cc1ccc2c3ccccc3c3ccccc3c2c1.[2H]Cc1ccc2c3ccccc3c3ncccc3c2c1.[2H]Cc1ccc2c3ccncc3c3ccccc3c2c1.[2H]Cc1ccc2c3cnccc3c3ccccc3c2c1.[2H][2H].[2H][2H]. The van der Waals surface area contributed by atoms with Crippen LogP contribution in [0.1, 0.15) is 40.6 Å². The van der Waals surface area contributed by atoms with Crippen LogP contribution < -0.4 is 0 Å². The maximum absolute atomic E-state index is 7.59. The van der Waals surface area contributed by atoms with Crippen LogP contribution in [-0.2, 0) is 0 Å². The van der Waals surface area contributed by atoms with Gasteiger partial charge in [-0.2, -0.15) is 0 Å². The highest BCUT2D eigenvalue weighted by molar-refractivity contribution is 6.29.